The van der Waals surface area contributed by atoms with Crippen LogP contribution in [0, 0.1) is 0 Å². The van der Waals surface area contributed by atoms with Crippen molar-refractivity contribution < 1.29 is 33.7 Å². The molecule has 2 fully saturated rings. The van der Waals surface area contributed by atoms with Gasteiger partial charge < -0.3 is 29.1 Å². The van der Waals surface area contributed by atoms with E-state index in [2.05, 4.69) is 0 Å². The molecular formula is C27H26N2O7. The second-order valence-electron chi connectivity index (χ2n) is 9.24. The number of anilines is 1. The molecule has 1 N–H and O–H groups in total. The van der Waals surface area contributed by atoms with Crippen LogP contribution in [0.4, 0.5) is 5.69 Å². The number of likely N-dealkylation sites (tertiary alicyclic amines) is 1. The summed E-state index contributed by atoms with van der Waals surface area (Å²) in [6, 6.07) is 11.9. The summed E-state index contributed by atoms with van der Waals surface area (Å²) in [5, 5.41) is 11.6. The molecule has 2 aromatic carbocycles. The zero-order valence-electron chi connectivity index (χ0n) is 19.9. The Morgan fingerprint density at radius 1 is 1.06 bits per heavy atom. The number of benzene rings is 2. The molecule has 4 aliphatic heterocycles. The highest BCUT2D eigenvalue weighted by Gasteiger charge is 2.67. The Morgan fingerprint density at radius 2 is 1.83 bits per heavy atom. The SMILES string of the molecule is CCN1C(=O)[C@@]2(/C(=C(\O)c3ccc4c(c3)OCCO4)C(=O)C(=O)N2C[C@H]2CCCO2)c2ccccc21. The van der Waals surface area contributed by atoms with E-state index in [1.54, 1.807) is 47.4 Å². The van der Waals surface area contributed by atoms with Gasteiger partial charge in [0.15, 0.2) is 17.0 Å². The molecule has 0 bridgehead atoms. The number of aliphatic hydroxyl groups is 1. The number of ether oxygens (including phenoxy) is 3. The topological polar surface area (TPSA) is 106 Å². The Bertz CT molecular complexity index is 1310. The third-order valence-electron chi connectivity index (χ3n) is 7.35. The highest BCUT2D eigenvalue weighted by Crippen LogP contribution is 2.54. The van der Waals surface area contributed by atoms with Gasteiger partial charge in [-0.25, -0.2) is 0 Å². The number of amides is 2. The van der Waals surface area contributed by atoms with E-state index in [0.29, 0.717) is 55.5 Å². The summed E-state index contributed by atoms with van der Waals surface area (Å²) in [5.41, 5.74) is -0.667. The molecule has 6 rings (SSSR count). The van der Waals surface area contributed by atoms with Crippen molar-refractivity contribution in [1.82, 2.24) is 4.90 Å². The summed E-state index contributed by atoms with van der Waals surface area (Å²) in [6.45, 7) is 3.56. The number of fused-ring (bicyclic) bond motifs is 3. The lowest BCUT2D eigenvalue weighted by Gasteiger charge is -2.35. The fourth-order valence-corrected chi connectivity index (χ4v) is 5.76. The minimum Gasteiger partial charge on any atom is -0.507 e. The average molecular weight is 491 g/mol. The number of nitrogens with zero attached hydrogens (tertiary/aromatic N) is 2. The molecule has 2 aromatic rings. The second-order valence-corrected chi connectivity index (χ2v) is 9.24. The van der Waals surface area contributed by atoms with Crippen LogP contribution >= 0.6 is 0 Å². The van der Waals surface area contributed by atoms with Gasteiger partial charge in [0.2, 0.25) is 0 Å². The summed E-state index contributed by atoms with van der Waals surface area (Å²) in [7, 11) is 0. The normalized spacial score (nSPS) is 26.2. The molecule has 1 spiro atoms. The molecule has 9 heteroatoms. The zero-order chi connectivity index (χ0) is 25.0. The van der Waals surface area contributed by atoms with E-state index in [0.717, 1.165) is 6.42 Å². The molecule has 9 nitrogen and oxygen atoms in total. The van der Waals surface area contributed by atoms with Crippen LogP contribution in [-0.2, 0) is 24.7 Å². The summed E-state index contributed by atoms with van der Waals surface area (Å²) < 4.78 is 17.0. The summed E-state index contributed by atoms with van der Waals surface area (Å²) >= 11 is 0. The molecule has 0 aliphatic carbocycles. The van der Waals surface area contributed by atoms with Crippen LogP contribution in [0.5, 0.6) is 11.5 Å². The van der Waals surface area contributed by atoms with Gasteiger partial charge in [-0.1, -0.05) is 18.2 Å². The van der Waals surface area contributed by atoms with Crippen LogP contribution in [0.15, 0.2) is 48.0 Å². The van der Waals surface area contributed by atoms with Gasteiger partial charge in [0.1, 0.15) is 19.0 Å². The van der Waals surface area contributed by atoms with Crippen LogP contribution < -0.4 is 14.4 Å². The first-order valence-corrected chi connectivity index (χ1v) is 12.2. The number of aliphatic hydroxyl groups excluding tert-OH is 1. The first-order chi connectivity index (χ1) is 17.5. The maximum atomic E-state index is 14.2. The van der Waals surface area contributed by atoms with E-state index in [-0.39, 0.29) is 23.8 Å². The summed E-state index contributed by atoms with van der Waals surface area (Å²) in [6.07, 6.45) is 1.25. The third kappa shape index (κ3) is 3.02. The lowest BCUT2D eigenvalue weighted by atomic mass is 9.81. The smallest absolute Gasteiger partial charge is 0.296 e. The van der Waals surface area contributed by atoms with Crippen molar-refractivity contribution in [3.8, 4) is 11.5 Å². The van der Waals surface area contributed by atoms with Gasteiger partial charge in [-0.2, -0.15) is 0 Å². The number of hydrogen-bond acceptors (Lipinski definition) is 7. The fourth-order valence-electron chi connectivity index (χ4n) is 5.76. The Labute approximate surface area is 207 Å². The van der Waals surface area contributed by atoms with Crippen molar-refractivity contribution in [2.24, 2.45) is 0 Å². The molecule has 0 unspecified atom stereocenters. The van der Waals surface area contributed by atoms with Gasteiger partial charge >= 0.3 is 0 Å². The predicted octanol–water partition coefficient (Wildman–Crippen LogP) is 2.58. The fraction of sp³-hybridized carbons (Fsp3) is 0.370. The van der Waals surface area contributed by atoms with Crippen molar-refractivity contribution >= 4 is 29.0 Å². The molecule has 4 aliphatic rings. The van der Waals surface area contributed by atoms with E-state index in [1.807, 2.05) is 6.92 Å². The average Bonchev–Trinajstić information content (AvgIpc) is 3.56. The van der Waals surface area contributed by atoms with E-state index < -0.39 is 28.9 Å². The predicted molar refractivity (Wildman–Crippen MR) is 129 cm³/mol. The van der Waals surface area contributed by atoms with Gasteiger partial charge in [0, 0.05) is 30.8 Å². The highest BCUT2D eigenvalue weighted by atomic mass is 16.6. The van der Waals surface area contributed by atoms with Crippen molar-refractivity contribution in [2.45, 2.75) is 31.4 Å². The van der Waals surface area contributed by atoms with Crippen LogP contribution in [0.1, 0.15) is 30.9 Å². The van der Waals surface area contributed by atoms with E-state index >= 15 is 0 Å². The molecule has 0 aromatic heterocycles. The van der Waals surface area contributed by atoms with Gasteiger partial charge in [0.25, 0.3) is 17.6 Å². The molecule has 36 heavy (non-hydrogen) atoms. The first kappa shape index (κ1) is 22.6. The van der Waals surface area contributed by atoms with Crippen LogP contribution in [0.3, 0.4) is 0 Å². The van der Waals surface area contributed by atoms with Gasteiger partial charge in [-0.05, 0) is 44.0 Å². The van der Waals surface area contributed by atoms with Crippen molar-refractivity contribution in [3.63, 3.8) is 0 Å². The number of likely N-dealkylation sites (N-methyl/N-ethyl adjacent to an activating group) is 1. The molecule has 186 valence electrons. The monoisotopic (exact) mass is 490 g/mol. The molecular weight excluding hydrogens is 464 g/mol. The van der Waals surface area contributed by atoms with E-state index in [4.69, 9.17) is 14.2 Å². The zero-order valence-corrected chi connectivity index (χ0v) is 19.9. The van der Waals surface area contributed by atoms with Crippen molar-refractivity contribution in [3.05, 3.63) is 59.2 Å². The first-order valence-electron chi connectivity index (χ1n) is 12.2. The van der Waals surface area contributed by atoms with Crippen LogP contribution in [0.25, 0.3) is 5.76 Å². The lowest BCUT2D eigenvalue weighted by molar-refractivity contribution is -0.145. The maximum Gasteiger partial charge on any atom is 0.296 e. The van der Waals surface area contributed by atoms with Crippen molar-refractivity contribution in [2.75, 3.05) is 37.8 Å². The van der Waals surface area contributed by atoms with E-state index in [1.165, 1.54) is 4.90 Å². The van der Waals surface area contributed by atoms with E-state index in [9.17, 15) is 19.5 Å². The minimum absolute atomic E-state index is 0.0696. The quantitative estimate of drug-likeness (QED) is 0.399. The Morgan fingerprint density at radius 3 is 2.58 bits per heavy atom. The van der Waals surface area contributed by atoms with Crippen LogP contribution in [-0.4, -0.2) is 66.6 Å². The number of ketones is 1. The third-order valence-corrected chi connectivity index (χ3v) is 7.35. The van der Waals surface area contributed by atoms with Gasteiger partial charge in [0.05, 0.1) is 17.4 Å². The van der Waals surface area contributed by atoms with Gasteiger partial charge in [-0.15, -0.1) is 0 Å². The molecule has 2 atom stereocenters. The number of para-hydroxylation sites is 1. The number of carbonyl (C=O) groups is 3. The number of Topliss-reactive ketones (excluding diaryl/α,β-unsaturated/α-hetero) is 1. The lowest BCUT2D eigenvalue weighted by Crippen LogP contribution is -2.53. The standard InChI is InChI=1S/C27H26N2O7/c1-2-28-19-8-4-3-7-18(19)27(26(28)33)22(24(31)25(32)29(27)15-17-6-5-11-34-17)23(30)16-9-10-20-21(14-16)36-13-12-35-20/h3-4,7-10,14,17,30H,2,5-6,11-13,15H2,1H3/b23-22-/t17-,27+/m1/s1. The van der Waals surface area contributed by atoms with Crippen LogP contribution in [0.2, 0.25) is 0 Å². The second kappa shape index (κ2) is 8.37. The molecule has 2 saturated heterocycles. The molecule has 0 saturated carbocycles. The maximum absolute atomic E-state index is 14.2. The summed E-state index contributed by atoms with van der Waals surface area (Å²) in [4.78, 5) is 44.3. The minimum atomic E-state index is -1.79. The Hall–Kier alpha value is -3.85. The summed E-state index contributed by atoms with van der Waals surface area (Å²) in [5.74, 6) is -1.66. The largest absolute Gasteiger partial charge is 0.507 e. The van der Waals surface area contributed by atoms with Crippen molar-refractivity contribution in [1.29, 1.82) is 0 Å². The molecule has 0 radical (unpaired) electrons. The number of rotatable bonds is 4. The molecule has 2 amide bonds. The Balaban J connectivity index is 1.59. The highest BCUT2D eigenvalue weighted by molar-refractivity contribution is 6.50. The Kier molecular flexibility index (Phi) is 5.26. The number of hydrogen-bond donors (Lipinski definition) is 1. The van der Waals surface area contributed by atoms with Gasteiger partial charge in [-0.3, -0.25) is 14.4 Å². The number of carbonyl (C=O) groups excluding carboxylic acids is 3. The molecule has 4 heterocycles.